The number of methoxy groups -OCH3 is 1. The summed E-state index contributed by atoms with van der Waals surface area (Å²) in [7, 11) is 3.47. The maximum Gasteiger partial charge on any atom is 0.317 e. The molecule has 3 rings (SSSR count). The van der Waals surface area contributed by atoms with Gasteiger partial charge < -0.3 is 15.0 Å². The highest BCUT2D eigenvalue weighted by Gasteiger charge is 2.42. The minimum atomic E-state index is -0.0951. The van der Waals surface area contributed by atoms with Crippen molar-refractivity contribution in [3.8, 4) is 0 Å². The summed E-state index contributed by atoms with van der Waals surface area (Å²) < 4.78 is 5.22. The summed E-state index contributed by atoms with van der Waals surface area (Å²) >= 11 is 0. The third-order valence-electron chi connectivity index (χ3n) is 4.27. The zero-order chi connectivity index (χ0) is 16.3. The normalized spacial score (nSPS) is 15.4. The molecule has 6 heteroatoms. The molecule has 0 atom stereocenters. The van der Waals surface area contributed by atoms with E-state index in [1.54, 1.807) is 25.3 Å². The molecule has 1 fully saturated rings. The Morgan fingerprint density at radius 2 is 2.09 bits per heavy atom. The standard InChI is InChI=1S/C17H22N4O2/c1-21(16(22)19-11-17(7-8-17)12-23-2)10-13-9-18-14-5-3-4-6-15(14)20-13/h3-6,9H,7-8,10-12H2,1-2H3,(H,19,22). The fourth-order valence-electron chi connectivity index (χ4n) is 2.64. The molecule has 0 radical (unpaired) electrons. The fourth-order valence-corrected chi connectivity index (χ4v) is 2.64. The van der Waals surface area contributed by atoms with E-state index < -0.39 is 0 Å². The van der Waals surface area contributed by atoms with E-state index in [9.17, 15) is 4.79 Å². The maximum atomic E-state index is 12.2. The van der Waals surface area contributed by atoms with Crippen LogP contribution in [0.1, 0.15) is 18.5 Å². The number of hydrogen-bond acceptors (Lipinski definition) is 4. The fraction of sp³-hybridized carbons (Fsp3) is 0.471. The lowest BCUT2D eigenvalue weighted by Crippen LogP contribution is -2.40. The number of rotatable bonds is 6. The zero-order valence-electron chi connectivity index (χ0n) is 13.6. The average Bonchev–Trinajstić information content (AvgIpc) is 3.33. The minimum absolute atomic E-state index is 0.0951. The van der Waals surface area contributed by atoms with Crippen molar-refractivity contribution in [3.05, 3.63) is 36.2 Å². The van der Waals surface area contributed by atoms with Crippen molar-refractivity contribution < 1.29 is 9.53 Å². The lowest BCUT2D eigenvalue weighted by atomic mass is 10.1. The van der Waals surface area contributed by atoms with Crippen LogP contribution in [0.3, 0.4) is 0 Å². The number of benzene rings is 1. The Morgan fingerprint density at radius 1 is 1.35 bits per heavy atom. The van der Waals surface area contributed by atoms with E-state index in [1.165, 1.54) is 0 Å². The molecule has 2 aromatic rings. The predicted octanol–water partition coefficient (Wildman–Crippen LogP) is 2.20. The van der Waals surface area contributed by atoms with Crippen molar-refractivity contribution in [2.75, 3.05) is 27.3 Å². The van der Waals surface area contributed by atoms with Crippen LogP contribution in [0.15, 0.2) is 30.5 Å². The lowest BCUT2D eigenvalue weighted by Gasteiger charge is -2.20. The molecule has 1 aliphatic rings. The molecular formula is C17H22N4O2. The maximum absolute atomic E-state index is 12.2. The smallest absolute Gasteiger partial charge is 0.317 e. The van der Waals surface area contributed by atoms with E-state index in [0.717, 1.165) is 29.6 Å². The second-order valence-electron chi connectivity index (χ2n) is 6.30. The number of amides is 2. The number of carbonyl (C=O) groups excluding carboxylic acids is 1. The predicted molar refractivity (Wildman–Crippen MR) is 87.9 cm³/mol. The van der Waals surface area contributed by atoms with Gasteiger partial charge in [0, 0.05) is 26.1 Å². The van der Waals surface area contributed by atoms with Gasteiger partial charge in [-0.2, -0.15) is 0 Å². The second-order valence-corrected chi connectivity index (χ2v) is 6.30. The highest BCUT2D eigenvalue weighted by molar-refractivity contribution is 5.75. The minimum Gasteiger partial charge on any atom is -0.384 e. The van der Waals surface area contributed by atoms with Crippen molar-refractivity contribution in [3.63, 3.8) is 0 Å². The number of nitrogens with zero attached hydrogens (tertiary/aromatic N) is 3. The van der Waals surface area contributed by atoms with Crippen LogP contribution in [0.4, 0.5) is 4.79 Å². The number of ether oxygens (including phenoxy) is 1. The summed E-state index contributed by atoms with van der Waals surface area (Å²) in [5.74, 6) is 0. The van der Waals surface area contributed by atoms with E-state index in [2.05, 4.69) is 15.3 Å². The molecule has 1 aromatic heterocycles. The van der Waals surface area contributed by atoms with Gasteiger partial charge in [-0.3, -0.25) is 4.98 Å². The molecule has 1 heterocycles. The van der Waals surface area contributed by atoms with Crippen LogP contribution in [0.25, 0.3) is 11.0 Å². The number of para-hydroxylation sites is 2. The molecule has 0 bridgehead atoms. The molecule has 1 N–H and O–H groups in total. The van der Waals surface area contributed by atoms with Gasteiger partial charge in [-0.25, -0.2) is 9.78 Å². The van der Waals surface area contributed by atoms with Gasteiger partial charge in [-0.15, -0.1) is 0 Å². The first-order valence-corrected chi connectivity index (χ1v) is 7.80. The van der Waals surface area contributed by atoms with Gasteiger partial charge >= 0.3 is 6.03 Å². The molecule has 0 aliphatic heterocycles. The van der Waals surface area contributed by atoms with E-state index in [1.807, 2.05) is 24.3 Å². The topological polar surface area (TPSA) is 67.3 Å². The van der Waals surface area contributed by atoms with Gasteiger partial charge in [0.05, 0.1) is 36.1 Å². The Hall–Kier alpha value is -2.21. The van der Waals surface area contributed by atoms with Crippen molar-refractivity contribution in [2.24, 2.45) is 5.41 Å². The van der Waals surface area contributed by atoms with Crippen LogP contribution >= 0.6 is 0 Å². The molecule has 122 valence electrons. The Labute approximate surface area is 135 Å². The first kappa shape index (κ1) is 15.7. The molecule has 1 aliphatic carbocycles. The van der Waals surface area contributed by atoms with E-state index in [-0.39, 0.29) is 11.4 Å². The molecule has 0 unspecified atom stereocenters. The summed E-state index contributed by atoms with van der Waals surface area (Å²) in [6, 6.07) is 7.62. The van der Waals surface area contributed by atoms with Gasteiger partial charge in [-0.1, -0.05) is 12.1 Å². The number of hydrogen-bond donors (Lipinski definition) is 1. The summed E-state index contributed by atoms with van der Waals surface area (Å²) in [6.07, 6.45) is 3.95. The number of carbonyl (C=O) groups is 1. The van der Waals surface area contributed by atoms with E-state index >= 15 is 0 Å². The van der Waals surface area contributed by atoms with Crippen LogP contribution in [0.5, 0.6) is 0 Å². The highest BCUT2D eigenvalue weighted by atomic mass is 16.5. The number of urea groups is 1. The molecule has 1 aromatic carbocycles. The number of fused-ring (bicyclic) bond motifs is 1. The Bertz CT molecular complexity index is 700. The SMILES string of the molecule is COCC1(CNC(=O)N(C)Cc2cnc3ccccc3n2)CC1. The van der Waals surface area contributed by atoms with Crippen LogP contribution < -0.4 is 5.32 Å². The van der Waals surface area contributed by atoms with Gasteiger partial charge in [0.1, 0.15) is 0 Å². The molecule has 2 amide bonds. The lowest BCUT2D eigenvalue weighted by molar-refractivity contribution is 0.138. The van der Waals surface area contributed by atoms with Crippen molar-refractivity contribution in [2.45, 2.75) is 19.4 Å². The van der Waals surface area contributed by atoms with E-state index in [0.29, 0.717) is 19.7 Å². The highest BCUT2D eigenvalue weighted by Crippen LogP contribution is 2.45. The van der Waals surface area contributed by atoms with Gasteiger partial charge in [0.15, 0.2) is 0 Å². The third kappa shape index (κ3) is 3.76. The summed E-state index contributed by atoms with van der Waals surface area (Å²) in [5.41, 5.74) is 2.63. The van der Waals surface area contributed by atoms with Crippen molar-refractivity contribution in [1.29, 1.82) is 0 Å². The largest absolute Gasteiger partial charge is 0.384 e. The molecular weight excluding hydrogens is 292 g/mol. The van der Waals surface area contributed by atoms with Crippen LogP contribution in [-0.2, 0) is 11.3 Å². The molecule has 0 spiro atoms. The summed E-state index contributed by atoms with van der Waals surface area (Å²) in [4.78, 5) is 22.8. The quantitative estimate of drug-likeness (QED) is 0.887. The Morgan fingerprint density at radius 3 is 2.78 bits per heavy atom. The zero-order valence-corrected chi connectivity index (χ0v) is 13.6. The van der Waals surface area contributed by atoms with Gasteiger partial charge in [-0.05, 0) is 25.0 Å². The first-order chi connectivity index (χ1) is 11.1. The van der Waals surface area contributed by atoms with Crippen LogP contribution in [0.2, 0.25) is 0 Å². The molecule has 1 saturated carbocycles. The van der Waals surface area contributed by atoms with Gasteiger partial charge in [0.25, 0.3) is 0 Å². The second kappa shape index (κ2) is 6.50. The molecule has 23 heavy (non-hydrogen) atoms. The van der Waals surface area contributed by atoms with Crippen LogP contribution in [0, 0.1) is 5.41 Å². The number of nitrogens with one attached hydrogen (secondary N) is 1. The van der Waals surface area contributed by atoms with Gasteiger partial charge in [0.2, 0.25) is 0 Å². The van der Waals surface area contributed by atoms with Crippen molar-refractivity contribution in [1.82, 2.24) is 20.2 Å². The Kier molecular flexibility index (Phi) is 4.43. The van der Waals surface area contributed by atoms with Crippen molar-refractivity contribution >= 4 is 17.1 Å². The summed E-state index contributed by atoms with van der Waals surface area (Å²) in [6.45, 7) is 1.79. The summed E-state index contributed by atoms with van der Waals surface area (Å²) in [5, 5.41) is 2.99. The third-order valence-corrected chi connectivity index (χ3v) is 4.27. The van der Waals surface area contributed by atoms with E-state index in [4.69, 9.17) is 4.74 Å². The van der Waals surface area contributed by atoms with Crippen LogP contribution in [-0.4, -0.2) is 48.2 Å². The molecule has 6 nitrogen and oxygen atoms in total. The molecule has 0 saturated heterocycles. The Balaban J connectivity index is 1.56. The number of aromatic nitrogens is 2. The first-order valence-electron chi connectivity index (χ1n) is 7.80. The monoisotopic (exact) mass is 314 g/mol. The average molecular weight is 314 g/mol.